The maximum absolute atomic E-state index is 10.6. The summed E-state index contributed by atoms with van der Waals surface area (Å²) in [5.41, 5.74) is 0.242. The Kier molecular flexibility index (Phi) is 2.24. The molecule has 0 spiro atoms. The summed E-state index contributed by atoms with van der Waals surface area (Å²) in [4.78, 5) is 10.6. The molecule has 0 unspecified atom stereocenters. The van der Waals surface area contributed by atoms with E-state index in [9.17, 15) is 4.79 Å². The van der Waals surface area contributed by atoms with Crippen molar-refractivity contribution in [2.75, 3.05) is 0 Å². The summed E-state index contributed by atoms with van der Waals surface area (Å²) < 4.78 is 0. The van der Waals surface area contributed by atoms with E-state index in [4.69, 9.17) is 21.8 Å². The van der Waals surface area contributed by atoms with Crippen LogP contribution < -0.4 is 0 Å². The second-order valence-electron chi connectivity index (χ2n) is 2.37. The maximum Gasteiger partial charge on any atom is 0.337 e. The second-order valence-corrected chi connectivity index (χ2v) is 2.78. The molecule has 0 radical (unpaired) electrons. The molecule has 4 heteroatoms. The summed E-state index contributed by atoms with van der Waals surface area (Å²) in [6.45, 7) is 1.50. The predicted molar refractivity (Wildman–Crippen MR) is 44.8 cm³/mol. The highest BCUT2D eigenvalue weighted by Crippen LogP contribution is 2.26. The van der Waals surface area contributed by atoms with Crippen molar-refractivity contribution in [1.29, 1.82) is 0 Å². The average Bonchev–Trinajstić information content (AvgIpc) is 1.97. The zero-order valence-electron chi connectivity index (χ0n) is 6.34. The van der Waals surface area contributed by atoms with Gasteiger partial charge in [0.25, 0.3) is 0 Å². The Bertz CT molecular complexity index is 333. The number of carbonyl (C=O) groups is 1. The summed E-state index contributed by atoms with van der Waals surface area (Å²) in [7, 11) is 0. The summed E-state index contributed by atoms with van der Waals surface area (Å²) in [6.07, 6.45) is 0. The van der Waals surface area contributed by atoms with Gasteiger partial charge in [-0.05, 0) is 19.1 Å². The van der Waals surface area contributed by atoms with Gasteiger partial charge >= 0.3 is 5.97 Å². The number of halogens is 1. The fraction of sp³-hybridized carbons (Fsp3) is 0.125. The van der Waals surface area contributed by atoms with Gasteiger partial charge in [-0.2, -0.15) is 0 Å². The van der Waals surface area contributed by atoms with Gasteiger partial charge in [-0.15, -0.1) is 0 Å². The standard InChI is InChI=1S/C8H7ClO3/c1-4-6(10)3-2-5(9)7(4)8(11)12/h2-3,10H,1H3,(H,11,12). The minimum Gasteiger partial charge on any atom is -0.508 e. The Morgan fingerprint density at radius 1 is 1.50 bits per heavy atom. The molecule has 0 heterocycles. The van der Waals surface area contributed by atoms with Crippen LogP contribution in [-0.4, -0.2) is 16.2 Å². The fourth-order valence-corrected chi connectivity index (χ4v) is 1.22. The Morgan fingerprint density at radius 2 is 2.08 bits per heavy atom. The highest BCUT2D eigenvalue weighted by atomic mass is 35.5. The maximum atomic E-state index is 10.6. The number of carboxylic acids is 1. The number of carboxylic acid groups (broad SMARTS) is 1. The van der Waals surface area contributed by atoms with Crippen molar-refractivity contribution >= 4 is 17.6 Å². The van der Waals surface area contributed by atoms with Crippen LogP contribution in [0.15, 0.2) is 12.1 Å². The largest absolute Gasteiger partial charge is 0.508 e. The fourth-order valence-electron chi connectivity index (χ4n) is 0.930. The number of benzene rings is 1. The van der Waals surface area contributed by atoms with E-state index < -0.39 is 5.97 Å². The lowest BCUT2D eigenvalue weighted by Crippen LogP contribution is -2.00. The molecule has 64 valence electrons. The van der Waals surface area contributed by atoms with Crippen LogP contribution in [-0.2, 0) is 0 Å². The average molecular weight is 187 g/mol. The number of hydrogen-bond donors (Lipinski definition) is 2. The van der Waals surface area contributed by atoms with Crippen molar-refractivity contribution in [3.63, 3.8) is 0 Å². The number of phenols is 1. The molecule has 0 aliphatic carbocycles. The van der Waals surface area contributed by atoms with Gasteiger partial charge in [0, 0.05) is 5.56 Å². The lowest BCUT2D eigenvalue weighted by atomic mass is 10.1. The van der Waals surface area contributed by atoms with Crippen LogP contribution in [0, 0.1) is 6.92 Å². The molecule has 0 saturated heterocycles. The Morgan fingerprint density at radius 3 is 2.50 bits per heavy atom. The second kappa shape index (κ2) is 3.03. The number of aromatic carboxylic acids is 1. The van der Waals surface area contributed by atoms with Gasteiger partial charge in [-0.3, -0.25) is 0 Å². The van der Waals surface area contributed by atoms with Crippen molar-refractivity contribution in [2.45, 2.75) is 6.92 Å². The molecular formula is C8H7ClO3. The molecule has 0 bridgehead atoms. The van der Waals surface area contributed by atoms with E-state index in [1.807, 2.05) is 0 Å². The van der Waals surface area contributed by atoms with Crippen LogP contribution in [0.25, 0.3) is 0 Å². The van der Waals surface area contributed by atoms with E-state index in [1.54, 1.807) is 0 Å². The lowest BCUT2D eigenvalue weighted by Gasteiger charge is -2.04. The third kappa shape index (κ3) is 1.36. The minimum absolute atomic E-state index is 0.0448. The molecule has 1 aromatic carbocycles. The van der Waals surface area contributed by atoms with Crippen molar-refractivity contribution < 1.29 is 15.0 Å². The van der Waals surface area contributed by atoms with Gasteiger partial charge in [0.05, 0.1) is 10.6 Å². The number of hydrogen-bond acceptors (Lipinski definition) is 2. The van der Waals surface area contributed by atoms with Crippen LogP contribution in [0.3, 0.4) is 0 Å². The molecule has 0 aliphatic heterocycles. The van der Waals surface area contributed by atoms with Gasteiger partial charge in [0.2, 0.25) is 0 Å². The number of phenolic OH excluding ortho intramolecular Hbond substituents is 1. The molecule has 0 aliphatic rings. The highest BCUT2D eigenvalue weighted by molar-refractivity contribution is 6.33. The van der Waals surface area contributed by atoms with Gasteiger partial charge in [-0.1, -0.05) is 11.6 Å². The first-order chi connectivity index (χ1) is 5.54. The summed E-state index contributed by atoms with van der Waals surface area (Å²) in [5, 5.41) is 18.0. The summed E-state index contributed by atoms with van der Waals surface area (Å²) in [5.74, 6) is -1.19. The first kappa shape index (κ1) is 8.87. The zero-order valence-corrected chi connectivity index (χ0v) is 7.09. The molecule has 0 aromatic heterocycles. The molecular weight excluding hydrogens is 180 g/mol. The van der Waals surface area contributed by atoms with Crippen molar-refractivity contribution in [3.05, 3.63) is 28.3 Å². The van der Waals surface area contributed by atoms with Crippen molar-refractivity contribution in [2.24, 2.45) is 0 Å². The first-order valence-electron chi connectivity index (χ1n) is 3.25. The molecule has 3 nitrogen and oxygen atoms in total. The van der Waals surface area contributed by atoms with Crippen LogP contribution in [0.1, 0.15) is 15.9 Å². The minimum atomic E-state index is -1.13. The molecule has 0 saturated carbocycles. The predicted octanol–water partition coefficient (Wildman–Crippen LogP) is 2.05. The molecule has 0 atom stereocenters. The number of rotatable bonds is 1. The topological polar surface area (TPSA) is 57.5 Å². The third-order valence-corrected chi connectivity index (χ3v) is 1.91. The highest BCUT2D eigenvalue weighted by Gasteiger charge is 2.14. The number of aromatic hydroxyl groups is 1. The zero-order chi connectivity index (χ0) is 9.30. The molecule has 1 aromatic rings. The van der Waals surface area contributed by atoms with Gasteiger partial charge in [-0.25, -0.2) is 4.79 Å². The van der Waals surface area contributed by atoms with E-state index in [0.717, 1.165) is 0 Å². The smallest absolute Gasteiger partial charge is 0.337 e. The van der Waals surface area contributed by atoms with Gasteiger partial charge in [0.15, 0.2) is 0 Å². The summed E-state index contributed by atoms with van der Waals surface area (Å²) >= 11 is 5.60. The third-order valence-electron chi connectivity index (χ3n) is 1.60. The Balaban J connectivity index is 3.43. The molecule has 0 fully saturated rings. The van der Waals surface area contributed by atoms with Gasteiger partial charge in [0.1, 0.15) is 5.75 Å². The molecule has 1 rings (SSSR count). The first-order valence-corrected chi connectivity index (χ1v) is 3.63. The normalized spacial score (nSPS) is 9.83. The Labute approximate surface area is 74.2 Å². The van der Waals surface area contributed by atoms with Crippen LogP contribution in [0.2, 0.25) is 5.02 Å². The molecule has 0 amide bonds. The van der Waals surface area contributed by atoms with E-state index in [0.29, 0.717) is 0 Å². The van der Waals surface area contributed by atoms with E-state index in [-0.39, 0.29) is 21.9 Å². The summed E-state index contributed by atoms with van der Waals surface area (Å²) in [6, 6.07) is 2.72. The van der Waals surface area contributed by atoms with Crippen LogP contribution >= 0.6 is 11.6 Å². The quantitative estimate of drug-likeness (QED) is 0.706. The van der Waals surface area contributed by atoms with Crippen LogP contribution in [0.5, 0.6) is 5.75 Å². The van der Waals surface area contributed by atoms with Crippen molar-refractivity contribution in [3.8, 4) is 5.75 Å². The Hall–Kier alpha value is -1.22. The van der Waals surface area contributed by atoms with E-state index in [2.05, 4.69) is 0 Å². The molecule has 12 heavy (non-hydrogen) atoms. The van der Waals surface area contributed by atoms with Crippen molar-refractivity contribution in [1.82, 2.24) is 0 Å². The lowest BCUT2D eigenvalue weighted by molar-refractivity contribution is 0.0696. The van der Waals surface area contributed by atoms with Crippen LogP contribution in [0.4, 0.5) is 0 Å². The SMILES string of the molecule is Cc1c(O)ccc(Cl)c1C(=O)O. The van der Waals surface area contributed by atoms with Gasteiger partial charge < -0.3 is 10.2 Å². The molecule has 2 N–H and O–H groups in total. The van der Waals surface area contributed by atoms with E-state index >= 15 is 0 Å². The monoisotopic (exact) mass is 186 g/mol. The van der Waals surface area contributed by atoms with E-state index in [1.165, 1.54) is 19.1 Å².